The molecule has 5 heteroatoms. The van der Waals surface area contributed by atoms with E-state index in [1.54, 1.807) is 12.1 Å². The van der Waals surface area contributed by atoms with Gasteiger partial charge in [-0.3, -0.25) is 4.79 Å². The molecule has 0 amide bonds. The van der Waals surface area contributed by atoms with Crippen LogP contribution < -0.4 is 4.74 Å². The summed E-state index contributed by atoms with van der Waals surface area (Å²) >= 11 is 0. The number of carbonyl (C=O) groups excluding carboxylic acids is 1. The van der Waals surface area contributed by atoms with Crippen LogP contribution >= 0.6 is 0 Å². The van der Waals surface area contributed by atoms with Gasteiger partial charge in [0.1, 0.15) is 30.0 Å². The molecule has 0 unspecified atom stereocenters. The maximum atomic E-state index is 10.7. The molecular weight excluding hydrogens is 232 g/mol. The Balaban J connectivity index is 2.19. The Morgan fingerprint density at radius 2 is 1.89 bits per heavy atom. The third kappa shape index (κ3) is 2.40. The van der Waals surface area contributed by atoms with Crippen molar-refractivity contribution in [3.8, 4) is 5.75 Å². The maximum absolute atomic E-state index is 10.7. The molecule has 94 valence electrons. The summed E-state index contributed by atoms with van der Waals surface area (Å²) in [4.78, 5) is 10.7. The first-order valence-corrected chi connectivity index (χ1v) is 5.59. The second-order valence-corrected chi connectivity index (χ2v) is 4.19. The number of aromatic nitrogens is 2. The lowest BCUT2D eigenvalue weighted by molar-refractivity contribution is 0.112. The number of aryl methyl sites for hydroxylation is 3. The predicted molar refractivity (Wildman–Crippen MR) is 64.7 cm³/mol. The highest BCUT2D eigenvalue weighted by Crippen LogP contribution is 2.25. The molecule has 0 fully saturated rings. The lowest BCUT2D eigenvalue weighted by Gasteiger charge is -2.11. The molecule has 0 aliphatic rings. The quantitative estimate of drug-likeness (QED) is 0.775. The van der Waals surface area contributed by atoms with Crippen molar-refractivity contribution in [2.75, 3.05) is 0 Å². The van der Waals surface area contributed by atoms with Crippen LogP contribution in [0.5, 0.6) is 5.75 Å². The van der Waals surface area contributed by atoms with Gasteiger partial charge in [0.15, 0.2) is 0 Å². The monoisotopic (exact) mass is 246 g/mol. The molecule has 0 aliphatic carbocycles. The highest BCUT2D eigenvalue weighted by molar-refractivity contribution is 5.76. The van der Waals surface area contributed by atoms with E-state index in [4.69, 9.17) is 4.74 Å². The van der Waals surface area contributed by atoms with E-state index in [2.05, 4.69) is 14.9 Å². The lowest BCUT2D eigenvalue weighted by Crippen LogP contribution is -2.01. The lowest BCUT2D eigenvalue weighted by atomic mass is 10.1. The normalized spacial score (nSPS) is 10.4. The number of hydrogen-bond donors (Lipinski definition) is 0. The summed E-state index contributed by atoms with van der Waals surface area (Å²) in [5, 5.41) is 7.45. The summed E-state index contributed by atoms with van der Waals surface area (Å²) in [6.45, 7) is 5.92. The first kappa shape index (κ1) is 12.3. The van der Waals surface area contributed by atoms with Crippen molar-refractivity contribution < 1.29 is 14.2 Å². The molecule has 1 aromatic heterocycles. The second-order valence-electron chi connectivity index (χ2n) is 4.19. The van der Waals surface area contributed by atoms with Gasteiger partial charge in [-0.2, -0.15) is 0 Å². The molecule has 0 spiro atoms. The fraction of sp³-hybridized carbons (Fsp3) is 0.308. The zero-order valence-corrected chi connectivity index (χ0v) is 10.6. The van der Waals surface area contributed by atoms with Gasteiger partial charge in [0.05, 0.1) is 0 Å². The average molecular weight is 246 g/mol. The van der Waals surface area contributed by atoms with Gasteiger partial charge in [0, 0.05) is 5.56 Å². The van der Waals surface area contributed by atoms with Crippen LogP contribution in [-0.4, -0.2) is 16.6 Å². The van der Waals surface area contributed by atoms with Crippen molar-refractivity contribution in [3.05, 3.63) is 40.2 Å². The molecule has 0 radical (unpaired) electrons. The Morgan fingerprint density at radius 3 is 2.39 bits per heavy atom. The summed E-state index contributed by atoms with van der Waals surface area (Å²) in [7, 11) is 0. The summed E-state index contributed by atoms with van der Waals surface area (Å²) in [5.41, 5.74) is 3.89. The van der Waals surface area contributed by atoms with Crippen LogP contribution in [0.3, 0.4) is 0 Å². The number of hydrogen-bond acceptors (Lipinski definition) is 5. The number of carbonyl (C=O) groups is 1. The molecule has 2 rings (SSSR count). The maximum Gasteiger partial charge on any atom is 0.150 e. The Labute approximate surface area is 105 Å². The van der Waals surface area contributed by atoms with E-state index < -0.39 is 0 Å². The van der Waals surface area contributed by atoms with Crippen LogP contribution in [0.2, 0.25) is 0 Å². The zero-order valence-electron chi connectivity index (χ0n) is 10.6. The fourth-order valence-electron chi connectivity index (χ4n) is 1.80. The SMILES string of the molecule is Cc1cc(C=O)cc(C)c1OCc1nonc1C. The summed E-state index contributed by atoms with van der Waals surface area (Å²) < 4.78 is 10.3. The van der Waals surface area contributed by atoms with Crippen molar-refractivity contribution in [2.45, 2.75) is 27.4 Å². The van der Waals surface area contributed by atoms with Crippen LogP contribution in [0.15, 0.2) is 16.8 Å². The Kier molecular flexibility index (Phi) is 3.41. The van der Waals surface area contributed by atoms with Crippen LogP contribution in [-0.2, 0) is 6.61 Å². The highest BCUT2D eigenvalue weighted by atomic mass is 16.6. The number of aldehydes is 1. The minimum Gasteiger partial charge on any atom is -0.487 e. The number of nitrogens with zero attached hydrogens (tertiary/aromatic N) is 2. The highest BCUT2D eigenvalue weighted by Gasteiger charge is 2.10. The molecule has 0 N–H and O–H groups in total. The van der Waals surface area contributed by atoms with Crippen LogP contribution in [0, 0.1) is 20.8 Å². The minimum absolute atomic E-state index is 0.303. The Morgan fingerprint density at radius 1 is 1.22 bits per heavy atom. The van der Waals surface area contributed by atoms with Crippen LogP contribution in [0.1, 0.15) is 32.9 Å². The van der Waals surface area contributed by atoms with Crippen LogP contribution in [0.25, 0.3) is 0 Å². The van der Waals surface area contributed by atoms with E-state index in [1.807, 2.05) is 20.8 Å². The molecule has 2 aromatic rings. The molecule has 0 atom stereocenters. The van der Waals surface area contributed by atoms with Gasteiger partial charge in [-0.15, -0.1) is 0 Å². The fourth-order valence-corrected chi connectivity index (χ4v) is 1.80. The van der Waals surface area contributed by atoms with E-state index in [0.717, 1.165) is 28.9 Å². The largest absolute Gasteiger partial charge is 0.487 e. The van der Waals surface area contributed by atoms with E-state index in [-0.39, 0.29) is 0 Å². The van der Waals surface area contributed by atoms with Gasteiger partial charge in [-0.1, -0.05) is 10.3 Å². The summed E-state index contributed by atoms with van der Waals surface area (Å²) in [6, 6.07) is 3.59. The van der Waals surface area contributed by atoms with Crippen molar-refractivity contribution in [1.29, 1.82) is 0 Å². The van der Waals surface area contributed by atoms with E-state index >= 15 is 0 Å². The third-order valence-electron chi connectivity index (χ3n) is 2.72. The smallest absolute Gasteiger partial charge is 0.150 e. The first-order valence-electron chi connectivity index (χ1n) is 5.59. The first-order chi connectivity index (χ1) is 8.61. The minimum atomic E-state index is 0.303. The molecule has 0 aliphatic heterocycles. The van der Waals surface area contributed by atoms with E-state index in [0.29, 0.717) is 17.9 Å². The van der Waals surface area contributed by atoms with Crippen molar-refractivity contribution in [2.24, 2.45) is 0 Å². The van der Waals surface area contributed by atoms with Gasteiger partial charge in [0.2, 0.25) is 0 Å². The topological polar surface area (TPSA) is 65.2 Å². The molecular formula is C13H14N2O3. The van der Waals surface area contributed by atoms with Crippen molar-refractivity contribution >= 4 is 6.29 Å². The Hall–Kier alpha value is -2.17. The van der Waals surface area contributed by atoms with Crippen LogP contribution in [0.4, 0.5) is 0 Å². The number of ether oxygens (including phenoxy) is 1. The summed E-state index contributed by atoms with van der Waals surface area (Å²) in [6.07, 6.45) is 0.829. The van der Waals surface area contributed by atoms with Crippen molar-refractivity contribution in [3.63, 3.8) is 0 Å². The van der Waals surface area contributed by atoms with E-state index in [1.165, 1.54) is 0 Å². The van der Waals surface area contributed by atoms with Gasteiger partial charge in [-0.25, -0.2) is 4.63 Å². The molecule has 5 nitrogen and oxygen atoms in total. The molecule has 1 aromatic carbocycles. The molecule has 0 bridgehead atoms. The van der Waals surface area contributed by atoms with Gasteiger partial charge >= 0.3 is 0 Å². The third-order valence-corrected chi connectivity index (χ3v) is 2.72. The zero-order chi connectivity index (χ0) is 13.1. The number of benzene rings is 1. The molecule has 0 saturated heterocycles. The van der Waals surface area contributed by atoms with Gasteiger partial charge < -0.3 is 4.74 Å². The Bertz CT molecular complexity index is 552. The predicted octanol–water partition coefficient (Wildman–Crippen LogP) is 2.39. The standard InChI is InChI=1S/C13H14N2O3/c1-8-4-11(6-16)5-9(2)13(8)17-7-12-10(3)14-18-15-12/h4-6H,7H2,1-3H3. The molecule has 18 heavy (non-hydrogen) atoms. The molecule has 1 heterocycles. The number of rotatable bonds is 4. The molecule has 0 saturated carbocycles. The summed E-state index contributed by atoms with van der Waals surface area (Å²) in [5.74, 6) is 0.767. The van der Waals surface area contributed by atoms with E-state index in [9.17, 15) is 4.79 Å². The second kappa shape index (κ2) is 5.00. The average Bonchev–Trinajstić information content (AvgIpc) is 2.73. The van der Waals surface area contributed by atoms with Gasteiger partial charge in [0.25, 0.3) is 0 Å². The van der Waals surface area contributed by atoms with Crippen molar-refractivity contribution in [1.82, 2.24) is 10.3 Å². The van der Waals surface area contributed by atoms with Gasteiger partial charge in [-0.05, 0) is 44.0 Å².